The highest BCUT2D eigenvalue weighted by Crippen LogP contribution is 2.29. The molecule has 78 valence electrons. The molecule has 3 unspecified atom stereocenters. The highest BCUT2D eigenvalue weighted by molar-refractivity contribution is 6.20. The van der Waals surface area contributed by atoms with Crippen molar-refractivity contribution in [2.45, 2.75) is 63.9 Å². The minimum atomic E-state index is -0.133. The predicted molar refractivity (Wildman–Crippen MR) is 54.0 cm³/mol. The Balaban J connectivity index is 2.48. The fraction of sp³-hybridized carbons (Fsp3) is 1.00. The molecule has 1 aliphatic rings. The van der Waals surface area contributed by atoms with E-state index in [2.05, 4.69) is 20.8 Å². The van der Waals surface area contributed by atoms with Crippen LogP contribution in [0.15, 0.2) is 0 Å². The first-order valence-corrected chi connectivity index (χ1v) is 5.30. The fourth-order valence-corrected chi connectivity index (χ4v) is 1.95. The van der Waals surface area contributed by atoms with Crippen molar-refractivity contribution in [2.75, 3.05) is 0 Å². The molecule has 2 nitrogen and oxygen atoms in total. The molecule has 13 heavy (non-hydrogen) atoms. The van der Waals surface area contributed by atoms with E-state index in [1.165, 1.54) is 0 Å². The molecule has 1 aliphatic heterocycles. The summed E-state index contributed by atoms with van der Waals surface area (Å²) in [6.45, 7) is 8.23. The van der Waals surface area contributed by atoms with E-state index >= 15 is 0 Å². The van der Waals surface area contributed by atoms with Crippen LogP contribution in [-0.2, 0) is 9.47 Å². The molecule has 0 amide bonds. The lowest BCUT2D eigenvalue weighted by Gasteiger charge is -2.39. The summed E-state index contributed by atoms with van der Waals surface area (Å²) < 4.78 is 11.4. The molecule has 0 aromatic heterocycles. The van der Waals surface area contributed by atoms with Crippen LogP contribution in [0.3, 0.4) is 0 Å². The summed E-state index contributed by atoms with van der Waals surface area (Å²) in [5, 5.41) is 0.103. The zero-order chi connectivity index (χ0) is 10.1. The molecule has 0 bridgehead atoms. The van der Waals surface area contributed by atoms with Gasteiger partial charge in [0.2, 0.25) is 0 Å². The molecule has 0 N–H and O–H groups in total. The van der Waals surface area contributed by atoms with Crippen LogP contribution in [0, 0.1) is 0 Å². The second-order valence-electron chi connectivity index (χ2n) is 4.47. The van der Waals surface area contributed by atoms with Gasteiger partial charge >= 0.3 is 0 Å². The highest BCUT2D eigenvalue weighted by atomic mass is 35.5. The predicted octanol–water partition coefficient (Wildman–Crippen LogP) is 2.93. The summed E-state index contributed by atoms with van der Waals surface area (Å²) in [4.78, 5) is 0. The minimum Gasteiger partial charge on any atom is -0.350 e. The van der Waals surface area contributed by atoms with Crippen LogP contribution >= 0.6 is 11.6 Å². The Morgan fingerprint density at radius 2 is 2.15 bits per heavy atom. The number of alkyl halides is 1. The zero-order valence-corrected chi connectivity index (χ0v) is 9.60. The quantitative estimate of drug-likeness (QED) is 0.647. The van der Waals surface area contributed by atoms with Gasteiger partial charge in [-0.1, -0.05) is 0 Å². The van der Waals surface area contributed by atoms with Gasteiger partial charge in [-0.2, -0.15) is 0 Å². The standard InChI is InChI=1S/C10H19ClO2/c1-7(11)5-9-12-8(2)6-10(3,4)13-9/h7-9H,5-6H2,1-4H3. The summed E-state index contributed by atoms with van der Waals surface area (Å²) in [7, 11) is 0. The minimum absolute atomic E-state index is 0.0753. The Kier molecular flexibility index (Phi) is 3.61. The molecule has 1 heterocycles. The highest BCUT2D eigenvalue weighted by Gasteiger charge is 2.33. The zero-order valence-electron chi connectivity index (χ0n) is 8.84. The van der Waals surface area contributed by atoms with E-state index in [1.807, 2.05) is 6.92 Å². The van der Waals surface area contributed by atoms with Gasteiger partial charge in [0.15, 0.2) is 6.29 Å². The summed E-state index contributed by atoms with van der Waals surface area (Å²) in [5.74, 6) is 0. The Morgan fingerprint density at radius 1 is 1.54 bits per heavy atom. The fourth-order valence-electron chi connectivity index (χ4n) is 1.80. The molecule has 0 aromatic carbocycles. The van der Waals surface area contributed by atoms with Crippen molar-refractivity contribution >= 4 is 11.6 Å². The monoisotopic (exact) mass is 206 g/mol. The van der Waals surface area contributed by atoms with Gasteiger partial charge in [0.25, 0.3) is 0 Å². The van der Waals surface area contributed by atoms with Gasteiger partial charge in [0.05, 0.1) is 11.7 Å². The molecular formula is C10H19ClO2. The van der Waals surface area contributed by atoms with Gasteiger partial charge in [0.1, 0.15) is 0 Å². The summed E-state index contributed by atoms with van der Waals surface area (Å²) in [6.07, 6.45) is 1.84. The van der Waals surface area contributed by atoms with E-state index in [4.69, 9.17) is 21.1 Å². The maximum absolute atomic E-state index is 5.89. The second-order valence-corrected chi connectivity index (χ2v) is 5.22. The number of rotatable bonds is 2. The van der Waals surface area contributed by atoms with Gasteiger partial charge in [-0.15, -0.1) is 11.6 Å². The number of halogens is 1. The average molecular weight is 207 g/mol. The first-order chi connectivity index (χ1) is 5.89. The summed E-state index contributed by atoms with van der Waals surface area (Å²) in [6, 6.07) is 0. The topological polar surface area (TPSA) is 18.5 Å². The van der Waals surface area contributed by atoms with Gasteiger partial charge in [-0.05, 0) is 27.7 Å². The first-order valence-electron chi connectivity index (χ1n) is 4.86. The maximum atomic E-state index is 5.89. The van der Waals surface area contributed by atoms with Crippen molar-refractivity contribution in [1.82, 2.24) is 0 Å². The van der Waals surface area contributed by atoms with Gasteiger partial charge in [-0.3, -0.25) is 0 Å². The van der Waals surface area contributed by atoms with Crippen LogP contribution in [0.5, 0.6) is 0 Å². The van der Waals surface area contributed by atoms with E-state index in [0.717, 1.165) is 12.8 Å². The third-order valence-electron chi connectivity index (χ3n) is 2.13. The van der Waals surface area contributed by atoms with Crippen molar-refractivity contribution in [3.8, 4) is 0 Å². The van der Waals surface area contributed by atoms with E-state index in [9.17, 15) is 0 Å². The summed E-state index contributed by atoms with van der Waals surface area (Å²) >= 11 is 5.89. The lowest BCUT2D eigenvalue weighted by Crippen LogP contribution is -2.43. The molecule has 0 spiro atoms. The lowest BCUT2D eigenvalue weighted by molar-refractivity contribution is -0.269. The molecule has 0 aliphatic carbocycles. The lowest BCUT2D eigenvalue weighted by atomic mass is 10.00. The number of ether oxygens (including phenoxy) is 2. The first kappa shape index (κ1) is 11.3. The molecule has 3 heteroatoms. The molecule has 1 saturated heterocycles. The van der Waals surface area contributed by atoms with Crippen molar-refractivity contribution in [3.63, 3.8) is 0 Å². The SMILES string of the molecule is CC(Cl)CC1OC(C)CC(C)(C)O1. The Labute approximate surface area is 85.5 Å². The Morgan fingerprint density at radius 3 is 2.62 bits per heavy atom. The van der Waals surface area contributed by atoms with Crippen molar-refractivity contribution in [2.24, 2.45) is 0 Å². The van der Waals surface area contributed by atoms with E-state index < -0.39 is 0 Å². The second kappa shape index (κ2) is 4.16. The van der Waals surface area contributed by atoms with E-state index in [0.29, 0.717) is 0 Å². The molecule has 1 fully saturated rings. The van der Waals surface area contributed by atoms with Crippen molar-refractivity contribution in [3.05, 3.63) is 0 Å². The number of hydrogen-bond donors (Lipinski definition) is 0. The molecule has 0 radical (unpaired) electrons. The van der Waals surface area contributed by atoms with E-state index in [-0.39, 0.29) is 23.4 Å². The van der Waals surface area contributed by atoms with Crippen LogP contribution in [0.1, 0.15) is 40.5 Å². The van der Waals surface area contributed by atoms with Crippen LogP contribution in [-0.4, -0.2) is 23.4 Å². The Bertz CT molecular complexity index is 166. The number of hydrogen-bond acceptors (Lipinski definition) is 2. The van der Waals surface area contributed by atoms with Crippen LogP contribution in [0.2, 0.25) is 0 Å². The largest absolute Gasteiger partial charge is 0.350 e. The Hall–Kier alpha value is 0.210. The van der Waals surface area contributed by atoms with Gasteiger partial charge in [-0.25, -0.2) is 0 Å². The molecule has 1 rings (SSSR count). The molecule has 3 atom stereocenters. The summed E-state index contributed by atoms with van der Waals surface area (Å²) in [5.41, 5.74) is -0.0753. The van der Waals surface area contributed by atoms with Crippen LogP contribution in [0.4, 0.5) is 0 Å². The third kappa shape index (κ3) is 3.84. The smallest absolute Gasteiger partial charge is 0.160 e. The van der Waals surface area contributed by atoms with Crippen LogP contribution in [0.25, 0.3) is 0 Å². The average Bonchev–Trinajstić information content (AvgIpc) is 1.78. The van der Waals surface area contributed by atoms with Crippen LogP contribution < -0.4 is 0 Å². The van der Waals surface area contributed by atoms with E-state index in [1.54, 1.807) is 0 Å². The normalized spacial score (nSPS) is 35.8. The van der Waals surface area contributed by atoms with Crippen molar-refractivity contribution < 1.29 is 9.47 Å². The van der Waals surface area contributed by atoms with Gasteiger partial charge in [0, 0.05) is 18.2 Å². The molecule has 0 saturated carbocycles. The third-order valence-corrected chi connectivity index (χ3v) is 2.31. The van der Waals surface area contributed by atoms with Crippen molar-refractivity contribution in [1.29, 1.82) is 0 Å². The molecular weight excluding hydrogens is 188 g/mol. The van der Waals surface area contributed by atoms with Gasteiger partial charge < -0.3 is 9.47 Å². The molecule has 0 aromatic rings. The maximum Gasteiger partial charge on any atom is 0.160 e.